The molecular formula is C28H22N2O7. The molecule has 0 saturated carbocycles. The molecule has 0 fully saturated rings. The Hall–Kier alpha value is -5.18. The number of amides is 1. The van der Waals surface area contributed by atoms with E-state index in [0.29, 0.717) is 0 Å². The minimum absolute atomic E-state index is 0.00649. The van der Waals surface area contributed by atoms with Gasteiger partial charge in [0, 0.05) is 17.7 Å². The number of nitrogens with one attached hydrogen (secondary N) is 1. The number of carboxylic acids is 1. The second-order valence-corrected chi connectivity index (χ2v) is 7.96. The summed E-state index contributed by atoms with van der Waals surface area (Å²) in [5.41, 5.74) is 1.75. The molecule has 4 rings (SSSR count). The average molecular weight is 498 g/mol. The monoisotopic (exact) mass is 498 g/mol. The maximum atomic E-state index is 13.1. The van der Waals surface area contributed by atoms with Crippen molar-refractivity contribution in [1.82, 2.24) is 0 Å². The summed E-state index contributed by atoms with van der Waals surface area (Å²) in [7, 11) is 0. The van der Waals surface area contributed by atoms with Gasteiger partial charge in [-0.15, -0.1) is 0 Å². The van der Waals surface area contributed by atoms with Crippen LogP contribution in [0.4, 0.5) is 11.4 Å². The summed E-state index contributed by atoms with van der Waals surface area (Å²) in [5, 5.41) is 23.6. The fourth-order valence-electron chi connectivity index (χ4n) is 3.46. The van der Waals surface area contributed by atoms with Gasteiger partial charge in [0.05, 0.1) is 16.2 Å². The van der Waals surface area contributed by atoms with Crippen LogP contribution in [0.25, 0.3) is 0 Å². The van der Waals surface area contributed by atoms with Crippen LogP contribution in [0.2, 0.25) is 0 Å². The fourth-order valence-corrected chi connectivity index (χ4v) is 3.46. The topological polar surface area (TPSA) is 128 Å². The number of hydrogen-bond donors (Lipinski definition) is 2. The number of anilines is 1. The predicted molar refractivity (Wildman–Crippen MR) is 136 cm³/mol. The van der Waals surface area contributed by atoms with Crippen molar-refractivity contribution in [3.63, 3.8) is 0 Å². The highest BCUT2D eigenvalue weighted by atomic mass is 16.6. The fraction of sp³-hybridized carbons (Fsp3) is 0.0714. The molecule has 0 bridgehead atoms. The zero-order chi connectivity index (χ0) is 26.2. The van der Waals surface area contributed by atoms with E-state index in [2.05, 4.69) is 5.32 Å². The molecule has 186 valence electrons. The molecule has 0 spiro atoms. The van der Waals surface area contributed by atoms with Gasteiger partial charge in [-0.3, -0.25) is 14.9 Å². The first-order valence-corrected chi connectivity index (χ1v) is 11.2. The Kier molecular flexibility index (Phi) is 7.75. The third-order valence-corrected chi connectivity index (χ3v) is 5.37. The van der Waals surface area contributed by atoms with E-state index in [1.807, 2.05) is 60.7 Å². The number of hydrogen-bond acceptors (Lipinski definition) is 6. The number of carboxylic acid groups (broad SMARTS) is 1. The normalized spacial score (nSPS) is 10.4. The number of nitro benzene ring substituents is 1. The number of carbonyl (C=O) groups is 2. The average Bonchev–Trinajstić information content (AvgIpc) is 2.92. The largest absolute Gasteiger partial charge is 0.487 e. The van der Waals surface area contributed by atoms with Crippen LogP contribution in [0.15, 0.2) is 97.1 Å². The Morgan fingerprint density at radius 1 is 0.757 bits per heavy atom. The molecule has 1 amide bonds. The van der Waals surface area contributed by atoms with Crippen molar-refractivity contribution in [2.75, 3.05) is 5.32 Å². The highest BCUT2D eigenvalue weighted by Gasteiger charge is 2.20. The van der Waals surface area contributed by atoms with Crippen LogP contribution in [0.3, 0.4) is 0 Å². The molecule has 0 aromatic heterocycles. The van der Waals surface area contributed by atoms with E-state index in [4.69, 9.17) is 9.47 Å². The first kappa shape index (κ1) is 24.9. The van der Waals surface area contributed by atoms with Gasteiger partial charge < -0.3 is 19.9 Å². The number of nitrogens with zero attached hydrogens (tertiary/aromatic N) is 1. The minimum atomic E-state index is -1.14. The van der Waals surface area contributed by atoms with E-state index in [1.165, 1.54) is 36.4 Å². The molecule has 0 saturated heterocycles. The lowest BCUT2D eigenvalue weighted by atomic mass is 10.1. The first-order valence-electron chi connectivity index (χ1n) is 11.2. The highest BCUT2D eigenvalue weighted by Crippen LogP contribution is 2.31. The van der Waals surface area contributed by atoms with E-state index in [0.717, 1.165) is 11.1 Å². The lowest BCUT2D eigenvalue weighted by molar-refractivity contribution is -0.385. The Morgan fingerprint density at radius 2 is 1.30 bits per heavy atom. The molecule has 9 heteroatoms. The van der Waals surface area contributed by atoms with Gasteiger partial charge in [-0.25, -0.2) is 4.79 Å². The molecule has 9 nitrogen and oxygen atoms in total. The van der Waals surface area contributed by atoms with Gasteiger partial charge >= 0.3 is 11.7 Å². The van der Waals surface area contributed by atoms with Gasteiger partial charge in [0.1, 0.15) is 19.0 Å². The third kappa shape index (κ3) is 6.49. The van der Waals surface area contributed by atoms with Crippen molar-refractivity contribution < 1.29 is 29.1 Å². The van der Waals surface area contributed by atoms with Crippen molar-refractivity contribution in [3.05, 3.63) is 129 Å². The summed E-state index contributed by atoms with van der Waals surface area (Å²) in [4.78, 5) is 35.4. The lowest BCUT2D eigenvalue weighted by Gasteiger charge is -2.14. The molecule has 0 aliphatic rings. The van der Waals surface area contributed by atoms with Crippen LogP contribution in [-0.4, -0.2) is 21.9 Å². The summed E-state index contributed by atoms with van der Waals surface area (Å²) in [6, 6.07) is 26.3. The maximum Gasteiger partial charge on any atom is 0.335 e. The van der Waals surface area contributed by atoms with Crippen LogP contribution >= 0.6 is 0 Å². The number of ether oxygens (including phenoxy) is 2. The number of rotatable bonds is 10. The lowest BCUT2D eigenvalue weighted by Crippen LogP contribution is -2.14. The molecular weight excluding hydrogens is 476 g/mol. The predicted octanol–water partition coefficient (Wildman–Crippen LogP) is 5.70. The van der Waals surface area contributed by atoms with E-state index in [1.54, 1.807) is 0 Å². The zero-order valence-electron chi connectivity index (χ0n) is 19.5. The standard InChI is InChI=1S/C28H22N2O7/c31-27(21-12-14-24(30(34)35)26(15-21)37-18-20-9-5-2-6-10-20)29-23-13-11-22(28(32)33)16-25(23)36-17-19-7-3-1-4-8-19/h1-16H,17-18H2,(H,29,31)(H,32,33). The van der Waals surface area contributed by atoms with Gasteiger partial charge in [-0.1, -0.05) is 60.7 Å². The molecule has 37 heavy (non-hydrogen) atoms. The second kappa shape index (κ2) is 11.5. The summed E-state index contributed by atoms with van der Waals surface area (Å²) in [6.07, 6.45) is 0. The maximum absolute atomic E-state index is 13.1. The van der Waals surface area contributed by atoms with E-state index >= 15 is 0 Å². The smallest absolute Gasteiger partial charge is 0.335 e. The van der Waals surface area contributed by atoms with Crippen LogP contribution in [0, 0.1) is 10.1 Å². The van der Waals surface area contributed by atoms with Gasteiger partial charge in [0.2, 0.25) is 0 Å². The molecule has 0 radical (unpaired) electrons. The Balaban J connectivity index is 1.56. The molecule has 0 atom stereocenters. The SMILES string of the molecule is O=C(O)c1ccc(NC(=O)c2ccc([N+](=O)[O-])c(OCc3ccccc3)c2)c(OCc2ccccc2)c1. The summed E-state index contributed by atoms with van der Waals surface area (Å²) < 4.78 is 11.5. The molecule has 0 aliphatic heterocycles. The van der Waals surface area contributed by atoms with Gasteiger partial charge in [-0.05, 0) is 35.4 Å². The molecule has 0 unspecified atom stereocenters. The Labute approximate surface area is 212 Å². The number of carbonyl (C=O) groups excluding carboxylic acids is 1. The Morgan fingerprint density at radius 3 is 1.86 bits per heavy atom. The van der Waals surface area contributed by atoms with Crippen molar-refractivity contribution in [1.29, 1.82) is 0 Å². The summed E-state index contributed by atoms with van der Waals surface area (Å²) >= 11 is 0. The summed E-state index contributed by atoms with van der Waals surface area (Å²) in [6.45, 7) is 0.239. The van der Waals surface area contributed by atoms with E-state index in [-0.39, 0.29) is 47.2 Å². The van der Waals surface area contributed by atoms with Crippen LogP contribution in [0.5, 0.6) is 11.5 Å². The number of nitro groups is 1. The second-order valence-electron chi connectivity index (χ2n) is 7.96. The number of benzene rings is 4. The van der Waals surface area contributed by atoms with E-state index < -0.39 is 16.8 Å². The van der Waals surface area contributed by atoms with Crippen molar-refractivity contribution in [2.45, 2.75) is 13.2 Å². The van der Waals surface area contributed by atoms with Crippen LogP contribution < -0.4 is 14.8 Å². The molecule has 0 aliphatic carbocycles. The van der Waals surface area contributed by atoms with E-state index in [9.17, 15) is 24.8 Å². The van der Waals surface area contributed by atoms with Gasteiger partial charge in [-0.2, -0.15) is 0 Å². The van der Waals surface area contributed by atoms with Crippen LogP contribution in [0.1, 0.15) is 31.8 Å². The van der Waals surface area contributed by atoms with Gasteiger partial charge in [0.25, 0.3) is 5.91 Å². The minimum Gasteiger partial charge on any atom is -0.487 e. The van der Waals surface area contributed by atoms with Crippen molar-refractivity contribution in [2.24, 2.45) is 0 Å². The Bertz CT molecular complexity index is 1420. The first-order chi connectivity index (χ1) is 17.9. The number of aromatic carboxylic acids is 1. The van der Waals surface area contributed by atoms with Crippen molar-refractivity contribution >= 4 is 23.3 Å². The molecule has 2 N–H and O–H groups in total. The third-order valence-electron chi connectivity index (χ3n) is 5.37. The zero-order valence-corrected chi connectivity index (χ0v) is 19.5. The molecule has 4 aromatic rings. The van der Waals surface area contributed by atoms with Crippen LogP contribution in [-0.2, 0) is 13.2 Å². The quantitative estimate of drug-likeness (QED) is 0.212. The highest BCUT2D eigenvalue weighted by molar-refractivity contribution is 6.05. The summed E-state index contributed by atoms with van der Waals surface area (Å²) in [5.74, 6) is -1.60. The van der Waals surface area contributed by atoms with Crippen molar-refractivity contribution in [3.8, 4) is 11.5 Å². The van der Waals surface area contributed by atoms with Gasteiger partial charge in [0.15, 0.2) is 5.75 Å². The molecule has 0 heterocycles. The molecule has 4 aromatic carbocycles.